The maximum Gasteiger partial charge on any atom is 0.258 e. The van der Waals surface area contributed by atoms with Crippen LogP contribution >= 0.6 is 0 Å². The summed E-state index contributed by atoms with van der Waals surface area (Å²) in [5.41, 5.74) is 2.91. The number of aryl methyl sites for hydroxylation is 2. The average Bonchev–Trinajstić information content (AvgIpc) is 2.60. The van der Waals surface area contributed by atoms with Crippen molar-refractivity contribution in [2.24, 2.45) is 0 Å². The molecule has 0 saturated heterocycles. The third-order valence-electron chi connectivity index (χ3n) is 4.16. The van der Waals surface area contributed by atoms with Crippen LogP contribution in [0.4, 0.5) is 0 Å². The Kier molecular flexibility index (Phi) is 6.42. The number of nitrogens with one attached hydrogen (secondary N) is 1. The quantitative estimate of drug-likeness (QED) is 0.805. The molecule has 140 valence electrons. The third kappa shape index (κ3) is 5.33. The molecule has 0 saturated carbocycles. The van der Waals surface area contributed by atoms with Crippen molar-refractivity contribution < 1.29 is 17.9 Å². The van der Waals surface area contributed by atoms with E-state index < -0.39 is 9.84 Å². The maximum absolute atomic E-state index is 12.2. The van der Waals surface area contributed by atoms with Crippen molar-refractivity contribution in [3.05, 3.63) is 59.2 Å². The van der Waals surface area contributed by atoms with Gasteiger partial charge in [0.15, 0.2) is 16.4 Å². The highest BCUT2D eigenvalue weighted by atomic mass is 32.2. The standard InChI is InChI=1S/C20H25NO4S/c1-5-18(16-8-10-17(11-9-16)26(4,23)24)21-20(22)13-25-19-12-14(2)6-7-15(19)3/h6-12,18H,5,13H2,1-4H3,(H,21,22). The first-order valence-electron chi connectivity index (χ1n) is 8.50. The Balaban J connectivity index is 2.00. The fraction of sp³-hybridized carbons (Fsp3) is 0.350. The van der Waals surface area contributed by atoms with Crippen LogP contribution in [0.5, 0.6) is 5.75 Å². The minimum absolute atomic E-state index is 0.0672. The number of hydrogen-bond acceptors (Lipinski definition) is 4. The van der Waals surface area contributed by atoms with Gasteiger partial charge < -0.3 is 10.1 Å². The van der Waals surface area contributed by atoms with Crippen molar-refractivity contribution in [3.8, 4) is 5.75 Å². The van der Waals surface area contributed by atoms with Gasteiger partial charge in [-0.25, -0.2) is 8.42 Å². The molecule has 1 unspecified atom stereocenters. The molecule has 0 bridgehead atoms. The number of carbonyl (C=O) groups is 1. The van der Waals surface area contributed by atoms with Crippen LogP contribution in [-0.2, 0) is 14.6 Å². The van der Waals surface area contributed by atoms with Crippen molar-refractivity contribution in [3.63, 3.8) is 0 Å². The molecule has 0 radical (unpaired) electrons. The van der Waals surface area contributed by atoms with Crippen LogP contribution in [0.25, 0.3) is 0 Å². The summed E-state index contributed by atoms with van der Waals surface area (Å²) in [4.78, 5) is 12.5. The molecule has 0 aromatic heterocycles. The topological polar surface area (TPSA) is 72.5 Å². The van der Waals surface area contributed by atoms with Crippen molar-refractivity contribution in [1.29, 1.82) is 0 Å². The molecule has 0 aliphatic rings. The molecule has 0 spiro atoms. The molecule has 0 aliphatic heterocycles. The minimum Gasteiger partial charge on any atom is -0.483 e. The number of benzene rings is 2. The predicted molar refractivity (Wildman–Crippen MR) is 102 cm³/mol. The van der Waals surface area contributed by atoms with Crippen molar-refractivity contribution in [2.45, 2.75) is 38.1 Å². The lowest BCUT2D eigenvalue weighted by molar-refractivity contribution is -0.123. The molecule has 2 aromatic rings. The molecule has 0 fully saturated rings. The van der Waals surface area contributed by atoms with E-state index in [4.69, 9.17) is 4.74 Å². The van der Waals surface area contributed by atoms with E-state index in [1.54, 1.807) is 24.3 Å². The third-order valence-corrected chi connectivity index (χ3v) is 5.28. The van der Waals surface area contributed by atoms with E-state index in [0.717, 1.165) is 16.7 Å². The van der Waals surface area contributed by atoms with Gasteiger partial charge >= 0.3 is 0 Å². The predicted octanol–water partition coefficient (Wildman–Crippen LogP) is 3.35. The SMILES string of the molecule is CCC(NC(=O)COc1cc(C)ccc1C)c1ccc(S(C)(=O)=O)cc1. The molecule has 2 rings (SSSR count). The molecule has 1 amide bonds. The normalized spacial score (nSPS) is 12.5. The van der Waals surface area contributed by atoms with Crippen molar-refractivity contribution in [2.75, 3.05) is 12.9 Å². The van der Waals surface area contributed by atoms with E-state index in [9.17, 15) is 13.2 Å². The maximum atomic E-state index is 12.2. The van der Waals surface area contributed by atoms with Crippen molar-refractivity contribution in [1.82, 2.24) is 5.32 Å². The molecular formula is C20H25NO4S. The number of hydrogen-bond donors (Lipinski definition) is 1. The Morgan fingerprint density at radius 1 is 1.12 bits per heavy atom. The van der Waals surface area contributed by atoms with E-state index in [1.165, 1.54) is 6.26 Å². The van der Waals surface area contributed by atoms with Crippen LogP contribution in [0, 0.1) is 13.8 Å². The van der Waals surface area contributed by atoms with Crippen LogP contribution in [0.2, 0.25) is 0 Å². The summed E-state index contributed by atoms with van der Waals surface area (Å²) in [5, 5.41) is 2.93. The van der Waals surface area contributed by atoms with Crippen LogP contribution in [0.1, 0.15) is 36.1 Å². The van der Waals surface area contributed by atoms with Gasteiger partial charge in [-0.05, 0) is 55.2 Å². The largest absolute Gasteiger partial charge is 0.483 e. The number of ether oxygens (including phenoxy) is 1. The van der Waals surface area contributed by atoms with Crippen LogP contribution in [-0.4, -0.2) is 27.2 Å². The molecule has 1 N–H and O–H groups in total. The molecule has 6 heteroatoms. The minimum atomic E-state index is -3.23. The smallest absolute Gasteiger partial charge is 0.258 e. The summed E-state index contributed by atoms with van der Waals surface area (Å²) >= 11 is 0. The van der Waals surface area contributed by atoms with Crippen LogP contribution in [0.15, 0.2) is 47.4 Å². The van der Waals surface area contributed by atoms with Gasteiger partial charge in [0.25, 0.3) is 5.91 Å². The number of sulfone groups is 1. The Morgan fingerprint density at radius 2 is 1.77 bits per heavy atom. The zero-order chi connectivity index (χ0) is 19.3. The van der Waals surface area contributed by atoms with Crippen LogP contribution < -0.4 is 10.1 Å². The zero-order valence-corrected chi connectivity index (χ0v) is 16.4. The monoisotopic (exact) mass is 375 g/mol. The van der Waals surface area contributed by atoms with E-state index >= 15 is 0 Å². The second kappa shape index (κ2) is 8.36. The molecule has 5 nitrogen and oxygen atoms in total. The zero-order valence-electron chi connectivity index (χ0n) is 15.6. The first-order chi connectivity index (χ1) is 12.2. The molecule has 26 heavy (non-hydrogen) atoms. The molecule has 2 aromatic carbocycles. The van der Waals surface area contributed by atoms with Gasteiger partial charge in [0.1, 0.15) is 5.75 Å². The number of amides is 1. The number of carbonyl (C=O) groups excluding carboxylic acids is 1. The molecule has 0 heterocycles. The van der Waals surface area contributed by atoms with Gasteiger partial charge in [-0.3, -0.25) is 4.79 Å². The van der Waals surface area contributed by atoms with Gasteiger partial charge in [-0.1, -0.05) is 31.2 Å². The first kappa shape index (κ1) is 20.0. The first-order valence-corrected chi connectivity index (χ1v) is 10.4. The van der Waals surface area contributed by atoms with E-state index in [1.807, 2.05) is 39.0 Å². The summed E-state index contributed by atoms with van der Waals surface area (Å²) in [6, 6.07) is 12.3. The van der Waals surface area contributed by atoms with Gasteiger partial charge in [0, 0.05) is 6.26 Å². The van der Waals surface area contributed by atoms with E-state index in [-0.39, 0.29) is 23.5 Å². The average molecular weight is 375 g/mol. The fourth-order valence-electron chi connectivity index (χ4n) is 2.61. The van der Waals surface area contributed by atoms with Crippen molar-refractivity contribution >= 4 is 15.7 Å². The van der Waals surface area contributed by atoms with Gasteiger partial charge in [0.05, 0.1) is 10.9 Å². The molecule has 0 aliphatic carbocycles. The summed E-state index contributed by atoms with van der Waals surface area (Å²) in [5.74, 6) is 0.482. The van der Waals surface area contributed by atoms with E-state index in [2.05, 4.69) is 5.32 Å². The van der Waals surface area contributed by atoms with Gasteiger partial charge in [0.2, 0.25) is 0 Å². The lowest BCUT2D eigenvalue weighted by Gasteiger charge is -2.18. The Labute approximate surface area is 155 Å². The fourth-order valence-corrected chi connectivity index (χ4v) is 3.24. The summed E-state index contributed by atoms with van der Waals surface area (Å²) in [6.45, 7) is 5.80. The van der Waals surface area contributed by atoms with Crippen LogP contribution in [0.3, 0.4) is 0 Å². The highest BCUT2D eigenvalue weighted by molar-refractivity contribution is 7.90. The summed E-state index contributed by atoms with van der Waals surface area (Å²) in [6.07, 6.45) is 1.86. The second-order valence-electron chi connectivity index (χ2n) is 6.43. The van der Waals surface area contributed by atoms with E-state index in [0.29, 0.717) is 12.2 Å². The molecule has 1 atom stereocenters. The lowest BCUT2D eigenvalue weighted by atomic mass is 10.0. The second-order valence-corrected chi connectivity index (χ2v) is 8.44. The van der Waals surface area contributed by atoms with Gasteiger partial charge in [-0.2, -0.15) is 0 Å². The Hall–Kier alpha value is -2.34. The summed E-state index contributed by atoms with van der Waals surface area (Å²) < 4.78 is 28.7. The highest BCUT2D eigenvalue weighted by Crippen LogP contribution is 2.21. The molecular weight excluding hydrogens is 350 g/mol. The Bertz CT molecular complexity index is 873. The van der Waals surface area contributed by atoms with Gasteiger partial charge in [-0.15, -0.1) is 0 Å². The number of rotatable bonds is 7. The Morgan fingerprint density at radius 3 is 2.35 bits per heavy atom. The lowest BCUT2D eigenvalue weighted by Crippen LogP contribution is -2.32. The summed E-state index contributed by atoms with van der Waals surface area (Å²) in [7, 11) is -3.23. The highest BCUT2D eigenvalue weighted by Gasteiger charge is 2.15.